The van der Waals surface area contributed by atoms with E-state index in [4.69, 9.17) is 14.2 Å². The number of rotatable bonds is 10. The number of nitrogens with zero attached hydrogens (tertiary/aromatic N) is 2. The molecule has 0 radical (unpaired) electrons. The van der Waals surface area contributed by atoms with E-state index in [2.05, 4.69) is 10.2 Å². The molecule has 3 aromatic rings. The number of methoxy groups -OCH3 is 2. The average Bonchev–Trinajstić information content (AvgIpc) is 2.95. The van der Waals surface area contributed by atoms with E-state index in [1.165, 1.54) is 26.4 Å². The molecular formula is C28H33N3O6S. The van der Waals surface area contributed by atoms with E-state index in [-0.39, 0.29) is 22.9 Å². The summed E-state index contributed by atoms with van der Waals surface area (Å²) in [7, 11) is -1.13. The van der Waals surface area contributed by atoms with Crippen molar-refractivity contribution in [3.63, 3.8) is 0 Å². The third kappa shape index (κ3) is 6.38. The summed E-state index contributed by atoms with van der Waals surface area (Å²) in [5.41, 5.74) is 3.17. The van der Waals surface area contributed by atoms with Crippen molar-refractivity contribution < 1.29 is 27.4 Å². The second-order valence-electron chi connectivity index (χ2n) is 8.91. The van der Waals surface area contributed by atoms with Crippen LogP contribution in [0.2, 0.25) is 0 Å². The molecule has 202 valence electrons. The molecule has 9 nitrogen and oxygen atoms in total. The summed E-state index contributed by atoms with van der Waals surface area (Å²) in [6.45, 7) is 4.82. The molecule has 3 aromatic carbocycles. The van der Waals surface area contributed by atoms with E-state index in [0.29, 0.717) is 19.0 Å². The lowest BCUT2D eigenvalue weighted by Gasteiger charge is -2.29. The number of sulfonamides is 1. The normalized spacial score (nSPS) is 13.6. The summed E-state index contributed by atoms with van der Waals surface area (Å²) in [4.78, 5) is 15.4. The number of carbonyl (C=O) groups is 1. The van der Waals surface area contributed by atoms with Crippen LogP contribution in [0.4, 0.5) is 11.4 Å². The molecule has 1 saturated heterocycles. The predicted molar refractivity (Wildman–Crippen MR) is 147 cm³/mol. The molecule has 0 bridgehead atoms. The van der Waals surface area contributed by atoms with Crippen molar-refractivity contribution in [3.05, 3.63) is 77.9 Å². The quantitative estimate of drug-likeness (QED) is 0.422. The molecule has 0 saturated carbocycles. The monoisotopic (exact) mass is 539 g/mol. The Bertz CT molecular complexity index is 1340. The van der Waals surface area contributed by atoms with Crippen molar-refractivity contribution in [2.45, 2.75) is 18.4 Å². The molecule has 4 rings (SSSR count). The van der Waals surface area contributed by atoms with Crippen LogP contribution in [0.5, 0.6) is 11.5 Å². The Kier molecular flexibility index (Phi) is 8.75. The van der Waals surface area contributed by atoms with E-state index in [1.54, 1.807) is 30.3 Å². The van der Waals surface area contributed by atoms with Crippen molar-refractivity contribution in [3.8, 4) is 11.5 Å². The van der Waals surface area contributed by atoms with Gasteiger partial charge in [0.2, 0.25) is 5.91 Å². The molecule has 1 heterocycles. The second-order valence-corrected chi connectivity index (χ2v) is 10.8. The minimum atomic E-state index is -4.08. The maximum Gasteiger partial charge on any atom is 0.264 e. The first-order valence-electron chi connectivity index (χ1n) is 12.3. The van der Waals surface area contributed by atoms with Gasteiger partial charge in [-0.05, 0) is 48.9 Å². The van der Waals surface area contributed by atoms with Gasteiger partial charge in [0.1, 0.15) is 18.0 Å². The maximum atomic E-state index is 13.7. The number of benzene rings is 3. The van der Waals surface area contributed by atoms with Gasteiger partial charge in [-0.1, -0.05) is 29.8 Å². The summed E-state index contributed by atoms with van der Waals surface area (Å²) in [5, 5.41) is 2.85. The molecule has 0 aliphatic carbocycles. The minimum Gasteiger partial charge on any atom is -0.497 e. The Hall–Kier alpha value is -3.76. The van der Waals surface area contributed by atoms with Gasteiger partial charge in [-0.2, -0.15) is 0 Å². The second kappa shape index (κ2) is 12.2. The van der Waals surface area contributed by atoms with Crippen molar-refractivity contribution >= 4 is 27.3 Å². The fourth-order valence-corrected chi connectivity index (χ4v) is 5.59. The lowest BCUT2D eigenvalue weighted by Crippen LogP contribution is -2.40. The van der Waals surface area contributed by atoms with Crippen LogP contribution in [0.25, 0.3) is 0 Å². The van der Waals surface area contributed by atoms with Gasteiger partial charge < -0.3 is 24.4 Å². The number of hydrogen-bond acceptors (Lipinski definition) is 7. The molecule has 1 fully saturated rings. The molecule has 38 heavy (non-hydrogen) atoms. The van der Waals surface area contributed by atoms with Crippen LogP contribution in [0.3, 0.4) is 0 Å². The summed E-state index contributed by atoms with van der Waals surface area (Å²) < 4.78 is 44.6. The van der Waals surface area contributed by atoms with Crippen molar-refractivity contribution in [2.24, 2.45) is 0 Å². The summed E-state index contributed by atoms with van der Waals surface area (Å²) >= 11 is 0. The smallest absolute Gasteiger partial charge is 0.264 e. The van der Waals surface area contributed by atoms with Crippen molar-refractivity contribution in [1.82, 2.24) is 5.32 Å². The first-order valence-corrected chi connectivity index (χ1v) is 13.8. The van der Waals surface area contributed by atoms with Gasteiger partial charge in [0.25, 0.3) is 10.0 Å². The van der Waals surface area contributed by atoms with Crippen LogP contribution < -0.4 is 24.0 Å². The number of aryl methyl sites for hydroxylation is 1. The molecule has 1 N–H and O–H groups in total. The highest BCUT2D eigenvalue weighted by Gasteiger charge is 2.29. The standard InChI is InChI=1S/C28H33N3O6S/c1-21-4-11-25(12-5-21)38(33,34)31(26-13-10-24(35-2)18-27(26)36-3)20-28(32)29-19-22-6-8-23(9-7-22)30-14-16-37-17-15-30/h4-13,18H,14-17,19-20H2,1-3H3,(H,29,32). The van der Waals surface area contributed by atoms with Gasteiger partial charge in [0.15, 0.2) is 0 Å². The van der Waals surface area contributed by atoms with Crippen molar-refractivity contribution in [1.29, 1.82) is 0 Å². The van der Waals surface area contributed by atoms with Crippen LogP contribution in [0, 0.1) is 6.92 Å². The zero-order valence-electron chi connectivity index (χ0n) is 21.8. The number of carbonyl (C=O) groups excluding carboxylic acids is 1. The molecular weight excluding hydrogens is 506 g/mol. The first-order chi connectivity index (χ1) is 18.3. The molecule has 1 aliphatic heterocycles. The van der Waals surface area contributed by atoms with Gasteiger partial charge in [0, 0.05) is 31.4 Å². The predicted octanol–water partition coefficient (Wildman–Crippen LogP) is 3.36. The van der Waals surface area contributed by atoms with E-state index >= 15 is 0 Å². The number of amides is 1. The zero-order valence-corrected chi connectivity index (χ0v) is 22.7. The van der Waals surface area contributed by atoms with E-state index in [0.717, 1.165) is 34.2 Å². The Labute approximate surface area is 224 Å². The van der Waals surface area contributed by atoms with E-state index in [9.17, 15) is 13.2 Å². The van der Waals surface area contributed by atoms with Crippen LogP contribution >= 0.6 is 0 Å². The fraction of sp³-hybridized carbons (Fsp3) is 0.321. The Morgan fingerprint density at radius 3 is 2.29 bits per heavy atom. The highest BCUT2D eigenvalue weighted by Crippen LogP contribution is 2.35. The van der Waals surface area contributed by atoms with Gasteiger partial charge in [-0.25, -0.2) is 8.42 Å². The number of nitrogens with one attached hydrogen (secondary N) is 1. The number of anilines is 2. The molecule has 1 aliphatic rings. The Morgan fingerprint density at radius 1 is 0.974 bits per heavy atom. The topological polar surface area (TPSA) is 97.4 Å². The van der Waals surface area contributed by atoms with Gasteiger partial charge in [-0.3, -0.25) is 9.10 Å². The summed E-state index contributed by atoms with van der Waals surface area (Å²) in [6.07, 6.45) is 0. The SMILES string of the molecule is COc1ccc(N(CC(=O)NCc2ccc(N3CCOCC3)cc2)S(=O)(=O)c2ccc(C)cc2)c(OC)c1. The minimum absolute atomic E-state index is 0.0764. The van der Waals surface area contributed by atoms with Crippen LogP contribution in [0.1, 0.15) is 11.1 Å². The Balaban J connectivity index is 1.53. The molecule has 0 atom stereocenters. The molecule has 1 amide bonds. The zero-order chi connectivity index (χ0) is 27.1. The van der Waals surface area contributed by atoms with Crippen molar-refractivity contribution in [2.75, 3.05) is 56.3 Å². The number of morpholine rings is 1. The highest BCUT2D eigenvalue weighted by atomic mass is 32.2. The maximum absolute atomic E-state index is 13.7. The average molecular weight is 540 g/mol. The lowest BCUT2D eigenvalue weighted by atomic mass is 10.2. The molecule has 0 aromatic heterocycles. The number of hydrogen-bond donors (Lipinski definition) is 1. The molecule has 0 spiro atoms. The lowest BCUT2D eigenvalue weighted by molar-refractivity contribution is -0.119. The van der Waals surface area contributed by atoms with Crippen LogP contribution in [-0.2, 0) is 26.1 Å². The van der Waals surface area contributed by atoms with E-state index < -0.39 is 22.5 Å². The molecule has 0 unspecified atom stereocenters. The molecule has 10 heteroatoms. The summed E-state index contributed by atoms with van der Waals surface area (Å²) in [6, 6.07) is 19.2. The largest absolute Gasteiger partial charge is 0.497 e. The fourth-order valence-electron chi connectivity index (χ4n) is 4.16. The Morgan fingerprint density at radius 2 is 1.66 bits per heavy atom. The van der Waals surface area contributed by atoms with Gasteiger partial charge in [0.05, 0.1) is 38.0 Å². The van der Waals surface area contributed by atoms with Gasteiger partial charge >= 0.3 is 0 Å². The highest BCUT2D eigenvalue weighted by molar-refractivity contribution is 7.92. The third-order valence-electron chi connectivity index (χ3n) is 6.35. The third-order valence-corrected chi connectivity index (χ3v) is 8.13. The number of ether oxygens (including phenoxy) is 3. The van der Waals surface area contributed by atoms with Crippen LogP contribution in [-0.4, -0.2) is 61.4 Å². The van der Waals surface area contributed by atoms with E-state index in [1.807, 2.05) is 31.2 Å². The van der Waals surface area contributed by atoms with Gasteiger partial charge in [-0.15, -0.1) is 0 Å². The van der Waals surface area contributed by atoms with Crippen LogP contribution in [0.15, 0.2) is 71.6 Å². The summed E-state index contributed by atoms with van der Waals surface area (Å²) in [5.74, 6) is 0.325. The first kappa shape index (κ1) is 27.3.